The van der Waals surface area contributed by atoms with E-state index in [1.54, 1.807) is 6.08 Å². The maximum absolute atomic E-state index is 12.4. The fourth-order valence-electron chi connectivity index (χ4n) is 4.59. The monoisotopic (exact) mass is 784 g/mol. The second-order valence-electron chi connectivity index (χ2n) is 12.7. The largest absolute Gasteiger partial charge is 0.469 e. The predicted octanol–water partition coefficient (Wildman–Crippen LogP) is 11.1. The minimum absolute atomic E-state index is 0.0547. The van der Waals surface area contributed by atoms with E-state index in [1.165, 1.54) is 19.3 Å². The summed E-state index contributed by atoms with van der Waals surface area (Å²) in [5.74, 6) is -1.10. The topological polar surface area (TPSA) is 140 Å². The molecule has 55 heavy (non-hydrogen) atoms. The summed E-state index contributed by atoms with van der Waals surface area (Å²) in [5.41, 5.74) is 0. The van der Waals surface area contributed by atoms with Gasteiger partial charge in [-0.3, -0.25) is 14.1 Å². The molecule has 3 N–H and O–H groups in total. The third-order valence-electron chi connectivity index (χ3n) is 7.56. The van der Waals surface area contributed by atoms with Gasteiger partial charge in [0.05, 0.1) is 12.7 Å². The quantitative estimate of drug-likeness (QED) is 0.0191. The van der Waals surface area contributed by atoms with Crippen molar-refractivity contribution in [3.05, 3.63) is 122 Å². The molecule has 0 rings (SSSR count). The van der Waals surface area contributed by atoms with Crippen molar-refractivity contribution in [1.82, 2.24) is 0 Å². The average molecular weight is 785 g/mol. The van der Waals surface area contributed by atoms with E-state index in [-0.39, 0.29) is 19.4 Å². The highest BCUT2D eigenvalue weighted by molar-refractivity contribution is 7.46. The van der Waals surface area contributed by atoms with Gasteiger partial charge in [-0.2, -0.15) is 0 Å². The first-order chi connectivity index (χ1) is 26.7. The van der Waals surface area contributed by atoms with Crippen LogP contribution in [0.5, 0.6) is 0 Å². The van der Waals surface area contributed by atoms with Gasteiger partial charge in [-0.15, -0.1) is 0 Å². The molecule has 2 atom stereocenters. The third-order valence-corrected chi connectivity index (χ3v) is 8.04. The molecule has 308 valence electrons. The Bertz CT molecular complexity index is 1310. The molecule has 0 saturated carbocycles. The van der Waals surface area contributed by atoms with Crippen LogP contribution in [0.4, 0.5) is 0 Å². The van der Waals surface area contributed by atoms with Crippen molar-refractivity contribution < 1.29 is 43.0 Å². The molecule has 0 aromatic carbocycles. The molecule has 0 aromatic rings. The van der Waals surface area contributed by atoms with Crippen LogP contribution in [-0.2, 0) is 28.2 Å². The first-order valence-corrected chi connectivity index (χ1v) is 21.5. The van der Waals surface area contributed by atoms with E-state index in [4.69, 9.17) is 19.3 Å². The zero-order valence-electron chi connectivity index (χ0n) is 33.4. The van der Waals surface area contributed by atoms with Gasteiger partial charge < -0.3 is 24.4 Å². The van der Waals surface area contributed by atoms with E-state index < -0.39 is 38.6 Å². The predicted molar refractivity (Wildman–Crippen MR) is 226 cm³/mol. The van der Waals surface area contributed by atoms with Crippen LogP contribution in [0.25, 0.3) is 0 Å². The lowest BCUT2D eigenvalue weighted by molar-refractivity contribution is -0.161. The highest BCUT2D eigenvalue weighted by atomic mass is 31.2. The second kappa shape index (κ2) is 38.7. The highest BCUT2D eigenvalue weighted by Gasteiger charge is 2.22. The number of hydrogen-bond donors (Lipinski definition) is 3. The maximum atomic E-state index is 12.4. The van der Waals surface area contributed by atoms with Crippen LogP contribution in [0.15, 0.2) is 122 Å². The number of aliphatic hydroxyl groups excluding tert-OH is 1. The van der Waals surface area contributed by atoms with Gasteiger partial charge in [0, 0.05) is 12.8 Å². The van der Waals surface area contributed by atoms with Gasteiger partial charge in [0.2, 0.25) is 0 Å². The number of carbonyl (C=O) groups is 2. The number of phosphoric acid groups is 1. The molecule has 9 nitrogen and oxygen atoms in total. The number of allylic oxidation sites excluding steroid dienone is 18. The van der Waals surface area contributed by atoms with Gasteiger partial charge in [-0.1, -0.05) is 148 Å². The molecule has 0 bridgehead atoms. The van der Waals surface area contributed by atoms with Crippen LogP contribution in [0, 0.1) is 0 Å². The summed E-state index contributed by atoms with van der Waals surface area (Å²) in [6.07, 6.45) is 52.5. The molecule has 0 heterocycles. The molecule has 0 aliphatic heterocycles. The van der Waals surface area contributed by atoms with E-state index in [0.29, 0.717) is 25.7 Å². The highest BCUT2D eigenvalue weighted by Crippen LogP contribution is 2.35. The molecule has 0 fully saturated rings. The van der Waals surface area contributed by atoms with Gasteiger partial charge in [-0.25, -0.2) is 4.57 Å². The maximum Gasteiger partial charge on any atom is 0.469 e. The van der Waals surface area contributed by atoms with Crippen molar-refractivity contribution in [2.24, 2.45) is 0 Å². The van der Waals surface area contributed by atoms with Crippen molar-refractivity contribution in [2.45, 2.75) is 135 Å². The Hall–Kier alpha value is -3.59. The molecule has 0 unspecified atom stereocenters. The number of unbranched alkanes of at least 4 members (excludes halogenated alkanes) is 4. The molecule has 0 amide bonds. The van der Waals surface area contributed by atoms with Crippen molar-refractivity contribution in [3.63, 3.8) is 0 Å². The zero-order valence-corrected chi connectivity index (χ0v) is 34.3. The van der Waals surface area contributed by atoms with Gasteiger partial charge in [0.25, 0.3) is 0 Å². The Morgan fingerprint density at radius 3 is 1.69 bits per heavy atom. The van der Waals surface area contributed by atoms with Crippen LogP contribution < -0.4 is 0 Å². The first kappa shape index (κ1) is 51.4. The van der Waals surface area contributed by atoms with Crippen LogP contribution in [0.1, 0.15) is 123 Å². The normalized spacial score (nSPS) is 14.3. The number of ether oxygens (including phenoxy) is 2. The second-order valence-corrected chi connectivity index (χ2v) is 14.0. The number of hydrogen-bond acceptors (Lipinski definition) is 7. The van der Waals surface area contributed by atoms with E-state index >= 15 is 0 Å². The van der Waals surface area contributed by atoms with E-state index in [0.717, 1.165) is 51.4 Å². The van der Waals surface area contributed by atoms with Crippen molar-refractivity contribution in [2.75, 3.05) is 13.2 Å². The number of phosphoric ester groups is 1. The molecule has 0 radical (unpaired) electrons. The lowest BCUT2D eigenvalue weighted by Crippen LogP contribution is -2.29. The van der Waals surface area contributed by atoms with Crippen LogP contribution in [0.2, 0.25) is 0 Å². The SMILES string of the molecule is CC/C=C\C/C=C\C/C=C\C/C=C\C/C=C\C/C=C\CCC(=O)O[C@H](COC(=O)CCC/C=C\C/C=C\C=C\[C@H](O)C/C=C\CCCCC)COP(=O)(O)O. The number of rotatable bonds is 34. The lowest BCUT2D eigenvalue weighted by Gasteiger charge is -2.18. The Balaban J connectivity index is 4.27. The minimum atomic E-state index is -4.81. The molecule has 0 aliphatic rings. The molecule has 0 saturated heterocycles. The summed E-state index contributed by atoms with van der Waals surface area (Å²) in [4.78, 5) is 42.7. The Labute approximate surface area is 331 Å². The van der Waals surface area contributed by atoms with E-state index in [2.05, 4.69) is 79.1 Å². The molecule has 0 aliphatic carbocycles. The van der Waals surface area contributed by atoms with Crippen LogP contribution in [0.3, 0.4) is 0 Å². The fraction of sp³-hybridized carbons (Fsp3) is 0.511. The van der Waals surface area contributed by atoms with Gasteiger partial charge in [0.15, 0.2) is 6.10 Å². The van der Waals surface area contributed by atoms with Crippen LogP contribution >= 0.6 is 7.82 Å². The minimum Gasteiger partial charge on any atom is -0.462 e. The zero-order chi connectivity index (χ0) is 40.5. The summed E-state index contributed by atoms with van der Waals surface area (Å²) in [6.45, 7) is 3.33. The smallest absolute Gasteiger partial charge is 0.462 e. The summed E-state index contributed by atoms with van der Waals surface area (Å²) in [6, 6.07) is 0. The van der Waals surface area contributed by atoms with Gasteiger partial charge in [0.1, 0.15) is 6.61 Å². The molecular formula is C45H69O9P. The number of carbonyl (C=O) groups excluding carboxylic acids is 2. The molecule has 0 spiro atoms. The van der Waals surface area contributed by atoms with Crippen molar-refractivity contribution in [3.8, 4) is 0 Å². The van der Waals surface area contributed by atoms with Gasteiger partial charge >= 0.3 is 19.8 Å². The lowest BCUT2D eigenvalue weighted by atomic mass is 10.1. The number of aliphatic hydroxyl groups is 1. The Kier molecular flexibility index (Phi) is 36.2. The molecular weight excluding hydrogens is 715 g/mol. The van der Waals surface area contributed by atoms with E-state index in [9.17, 15) is 19.3 Å². The molecule has 10 heteroatoms. The standard InChI is InChI=1S/C45H69O9P/c1-3-5-7-9-11-12-13-14-15-16-17-18-19-20-21-22-27-31-35-39-45(48)54-43(41-53-55(49,50)51)40-52-44(47)38-34-30-26-24-23-25-29-33-37-42(46)36-32-28-10-8-6-4-2/h5,7,11-12,14-15,17-18,20-21,24-29,31-33,37,42-43,46H,3-4,6,8-10,13,16,19,22-23,30,34-36,38-41H2,1-2H3,(H2,49,50,51)/b7-5-,12-11-,15-14-,18-17-,21-20-,26-24-,29-25-,31-27-,32-28-,37-33+/t42-,43-/m1/s1. The van der Waals surface area contributed by atoms with E-state index in [1.807, 2.05) is 54.7 Å². The van der Waals surface area contributed by atoms with Crippen LogP contribution in [-0.4, -0.2) is 52.3 Å². The summed E-state index contributed by atoms with van der Waals surface area (Å²) in [5, 5.41) is 9.99. The first-order valence-electron chi connectivity index (χ1n) is 19.9. The Morgan fingerprint density at radius 2 is 1.11 bits per heavy atom. The summed E-state index contributed by atoms with van der Waals surface area (Å²) < 4.78 is 26.2. The third kappa shape index (κ3) is 41.4. The number of esters is 2. The van der Waals surface area contributed by atoms with Gasteiger partial charge in [-0.05, 0) is 83.5 Å². The summed E-state index contributed by atoms with van der Waals surface area (Å²) >= 11 is 0. The fourth-order valence-corrected chi connectivity index (χ4v) is 4.95. The summed E-state index contributed by atoms with van der Waals surface area (Å²) in [7, 11) is -4.81. The van der Waals surface area contributed by atoms with Crippen molar-refractivity contribution in [1.29, 1.82) is 0 Å². The Morgan fingerprint density at radius 1 is 0.582 bits per heavy atom. The van der Waals surface area contributed by atoms with Crippen molar-refractivity contribution >= 4 is 19.8 Å². The molecule has 0 aromatic heterocycles. The average Bonchev–Trinajstić information content (AvgIpc) is 3.15.